The van der Waals surface area contributed by atoms with Gasteiger partial charge in [-0.15, -0.1) is 11.3 Å². The summed E-state index contributed by atoms with van der Waals surface area (Å²) in [6.07, 6.45) is 3.06. The molecule has 1 aromatic carbocycles. The van der Waals surface area contributed by atoms with Gasteiger partial charge in [-0.05, 0) is 71.6 Å². The highest BCUT2D eigenvalue weighted by atomic mass is 32.2. The minimum Gasteiger partial charge on any atom is -0.351 e. The van der Waals surface area contributed by atoms with Gasteiger partial charge in [0.2, 0.25) is 5.91 Å². The Morgan fingerprint density at radius 2 is 1.93 bits per heavy atom. The van der Waals surface area contributed by atoms with Crippen LogP contribution in [0.15, 0.2) is 34.2 Å². The number of aryl methyl sites for hydroxylation is 3. The fourth-order valence-corrected chi connectivity index (χ4v) is 5.94. The summed E-state index contributed by atoms with van der Waals surface area (Å²) < 4.78 is 1.68. The Morgan fingerprint density at radius 3 is 2.60 bits per heavy atom. The highest BCUT2D eigenvalue weighted by Crippen LogP contribution is 2.36. The van der Waals surface area contributed by atoms with Crippen LogP contribution in [0.2, 0.25) is 0 Å². The van der Waals surface area contributed by atoms with Crippen LogP contribution in [0.3, 0.4) is 0 Å². The van der Waals surface area contributed by atoms with Gasteiger partial charge in [0.1, 0.15) is 4.83 Å². The third kappa shape index (κ3) is 4.05. The molecule has 0 spiro atoms. The van der Waals surface area contributed by atoms with Crippen molar-refractivity contribution in [2.75, 3.05) is 0 Å². The van der Waals surface area contributed by atoms with E-state index in [2.05, 4.69) is 5.32 Å². The van der Waals surface area contributed by atoms with Gasteiger partial charge >= 0.3 is 0 Å². The molecule has 0 fully saturated rings. The van der Waals surface area contributed by atoms with E-state index in [0.29, 0.717) is 5.16 Å². The Bertz CT molecular complexity index is 1170. The lowest BCUT2D eigenvalue weighted by Crippen LogP contribution is -2.44. The molecule has 5 nitrogen and oxygen atoms in total. The normalized spacial score (nSPS) is 14.7. The zero-order valence-electron chi connectivity index (χ0n) is 18.0. The van der Waals surface area contributed by atoms with Crippen molar-refractivity contribution < 1.29 is 4.79 Å². The van der Waals surface area contributed by atoms with E-state index < -0.39 is 0 Å². The van der Waals surface area contributed by atoms with Gasteiger partial charge in [0.05, 0.1) is 16.3 Å². The largest absolute Gasteiger partial charge is 0.351 e. The van der Waals surface area contributed by atoms with Crippen molar-refractivity contribution in [1.82, 2.24) is 14.9 Å². The molecule has 2 aromatic heterocycles. The number of thioether (sulfide) groups is 1. The summed E-state index contributed by atoms with van der Waals surface area (Å²) in [5.74, 6) is -0.0639. The molecular formula is C23H27N3O2S2. The summed E-state index contributed by atoms with van der Waals surface area (Å²) in [6, 6.07) is 7.88. The zero-order valence-corrected chi connectivity index (χ0v) is 19.7. The van der Waals surface area contributed by atoms with Crippen molar-refractivity contribution in [1.29, 1.82) is 0 Å². The average Bonchev–Trinajstić information content (AvgIpc) is 3.22. The molecule has 4 rings (SSSR count). The van der Waals surface area contributed by atoms with Crippen LogP contribution >= 0.6 is 23.1 Å². The second kappa shape index (κ2) is 7.85. The molecule has 1 N–H and O–H groups in total. The van der Waals surface area contributed by atoms with E-state index in [9.17, 15) is 9.59 Å². The number of rotatable bonds is 4. The van der Waals surface area contributed by atoms with Crippen LogP contribution in [0.4, 0.5) is 0 Å². The molecule has 0 aliphatic heterocycles. The third-order valence-electron chi connectivity index (χ3n) is 5.15. The van der Waals surface area contributed by atoms with Crippen LogP contribution in [0, 0.1) is 6.92 Å². The van der Waals surface area contributed by atoms with Crippen molar-refractivity contribution in [3.05, 3.63) is 50.6 Å². The first-order chi connectivity index (χ1) is 14.1. The predicted octanol–water partition coefficient (Wildman–Crippen LogP) is 4.64. The summed E-state index contributed by atoms with van der Waals surface area (Å²) >= 11 is 2.96. The van der Waals surface area contributed by atoms with E-state index in [-0.39, 0.29) is 22.3 Å². The summed E-state index contributed by atoms with van der Waals surface area (Å²) in [6.45, 7) is 9.76. The molecule has 0 radical (unpaired) electrons. The first kappa shape index (κ1) is 21.1. The summed E-state index contributed by atoms with van der Waals surface area (Å²) in [5, 5.41) is 3.96. The predicted molar refractivity (Wildman–Crippen MR) is 125 cm³/mol. The maximum absolute atomic E-state index is 13.7. The fourth-order valence-electron chi connectivity index (χ4n) is 3.71. The first-order valence-electron chi connectivity index (χ1n) is 10.3. The van der Waals surface area contributed by atoms with E-state index in [0.717, 1.165) is 40.7 Å². The van der Waals surface area contributed by atoms with E-state index in [1.165, 1.54) is 22.2 Å². The quantitative estimate of drug-likeness (QED) is 0.473. The highest BCUT2D eigenvalue weighted by molar-refractivity contribution is 8.00. The van der Waals surface area contributed by atoms with Gasteiger partial charge in [0, 0.05) is 10.4 Å². The number of hydrogen-bond acceptors (Lipinski definition) is 5. The second-order valence-corrected chi connectivity index (χ2v) is 11.3. The Labute approximate surface area is 184 Å². The number of hydrogen-bond donors (Lipinski definition) is 1. The summed E-state index contributed by atoms with van der Waals surface area (Å²) in [4.78, 5) is 33.3. The van der Waals surface area contributed by atoms with Crippen LogP contribution in [-0.4, -0.2) is 26.2 Å². The van der Waals surface area contributed by atoms with Gasteiger partial charge < -0.3 is 5.32 Å². The number of carbonyl (C=O) groups excluding carboxylic acids is 1. The Kier molecular flexibility index (Phi) is 5.53. The van der Waals surface area contributed by atoms with Crippen molar-refractivity contribution in [2.24, 2.45) is 0 Å². The Balaban J connectivity index is 1.83. The number of thiophene rings is 1. The topological polar surface area (TPSA) is 64.0 Å². The van der Waals surface area contributed by atoms with Gasteiger partial charge in [0.25, 0.3) is 5.56 Å². The molecule has 2 heterocycles. The minimum absolute atomic E-state index is 0.0332. The molecule has 1 unspecified atom stereocenters. The molecule has 0 saturated heterocycles. The molecule has 1 aliphatic carbocycles. The number of nitrogens with zero attached hydrogens (tertiary/aromatic N) is 2. The minimum atomic E-state index is -0.378. The summed E-state index contributed by atoms with van der Waals surface area (Å²) in [5.41, 5.74) is 2.74. The van der Waals surface area contributed by atoms with Crippen molar-refractivity contribution in [3.63, 3.8) is 0 Å². The fraction of sp³-hybridized carbons (Fsp3) is 0.435. The van der Waals surface area contributed by atoms with Gasteiger partial charge in [0.15, 0.2) is 5.16 Å². The van der Waals surface area contributed by atoms with Crippen LogP contribution in [0.1, 0.15) is 50.1 Å². The van der Waals surface area contributed by atoms with Gasteiger partial charge in [-0.1, -0.05) is 29.5 Å². The summed E-state index contributed by atoms with van der Waals surface area (Å²) in [7, 11) is 0. The van der Waals surface area contributed by atoms with Crippen molar-refractivity contribution in [2.45, 2.75) is 69.8 Å². The average molecular weight is 442 g/mol. The van der Waals surface area contributed by atoms with Gasteiger partial charge in [-0.25, -0.2) is 4.98 Å². The second-order valence-electron chi connectivity index (χ2n) is 8.91. The van der Waals surface area contributed by atoms with E-state index in [4.69, 9.17) is 4.98 Å². The van der Waals surface area contributed by atoms with E-state index >= 15 is 0 Å². The molecule has 1 amide bonds. The molecule has 1 aliphatic rings. The number of amides is 1. The first-order valence-corrected chi connectivity index (χ1v) is 12.0. The SMILES string of the molecule is Cc1ccc(-n2c(SC(C)C(=O)NC(C)(C)C)nc3sc4c(c3c2=O)CCC4)cc1. The molecule has 158 valence electrons. The Hall–Kier alpha value is -2.12. The molecular weight excluding hydrogens is 414 g/mol. The zero-order chi connectivity index (χ0) is 21.6. The molecule has 1 atom stereocenters. The monoisotopic (exact) mass is 441 g/mol. The number of nitrogens with one attached hydrogen (secondary N) is 1. The maximum atomic E-state index is 13.7. The third-order valence-corrected chi connectivity index (χ3v) is 7.39. The van der Waals surface area contributed by atoms with Crippen LogP contribution < -0.4 is 10.9 Å². The molecule has 0 saturated carbocycles. The number of aromatic nitrogens is 2. The van der Waals surface area contributed by atoms with Crippen molar-refractivity contribution in [3.8, 4) is 5.69 Å². The standard InChI is InChI=1S/C23H27N3O2S2/c1-13-9-11-15(12-10-13)26-21(28)18-16-7-6-8-17(16)30-20(18)24-22(26)29-14(2)19(27)25-23(3,4)5/h9-12,14H,6-8H2,1-5H3,(H,25,27). The lowest BCUT2D eigenvalue weighted by atomic mass is 10.1. The molecule has 0 bridgehead atoms. The molecule has 3 aromatic rings. The molecule has 7 heteroatoms. The molecule has 30 heavy (non-hydrogen) atoms. The smallest absolute Gasteiger partial charge is 0.267 e. The number of carbonyl (C=O) groups is 1. The lowest BCUT2D eigenvalue weighted by molar-refractivity contribution is -0.121. The van der Waals surface area contributed by atoms with Crippen LogP contribution in [0.25, 0.3) is 15.9 Å². The lowest BCUT2D eigenvalue weighted by Gasteiger charge is -2.23. The van der Waals surface area contributed by atoms with Crippen molar-refractivity contribution >= 4 is 39.2 Å². The highest BCUT2D eigenvalue weighted by Gasteiger charge is 2.26. The number of benzene rings is 1. The van der Waals surface area contributed by atoms with Gasteiger partial charge in [-0.2, -0.15) is 0 Å². The van der Waals surface area contributed by atoms with E-state index in [1.54, 1.807) is 15.9 Å². The van der Waals surface area contributed by atoms with Crippen LogP contribution in [-0.2, 0) is 17.6 Å². The maximum Gasteiger partial charge on any atom is 0.267 e. The van der Waals surface area contributed by atoms with Gasteiger partial charge in [-0.3, -0.25) is 14.2 Å². The Morgan fingerprint density at radius 1 is 1.23 bits per heavy atom. The van der Waals surface area contributed by atoms with E-state index in [1.807, 2.05) is 58.9 Å². The number of fused-ring (bicyclic) bond motifs is 3. The van der Waals surface area contributed by atoms with Crippen LogP contribution in [0.5, 0.6) is 0 Å².